The van der Waals surface area contributed by atoms with Crippen LogP contribution in [-0.4, -0.2) is 41.9 Å². The average Bonchev–Trinajstić information content (AvgIpc) is 2.45. The Morgan fingerprint density at radius 3 is 2.57 bits per heavy atom. The van der Waals surface area contributed by atoms with Crippen molar-refractivity contribution in [1.82, 2.24) is 10.2 Å². The van der Waals surface area contributed by atoms with Crippen LogP contribution in [-0.2, 0) is 16.1 Å². The topological polar surface area (TPSA) is 84.7 Å². The van der Waals surface area contributed by atoms with Gasteiger partial charge in [0.2, 0.25) is 11.8 Å². The standard InChI is InChI=1S/C15H21N3O3/c1-15(2)14(20)17-13(19)10-18(15)7-8-21-12-5-3-11(9-16)4-6-12/h3-6H,7-10,16H2,1-2H3,(H,17,19,20). The predicted molar refractivity (Wildman–Crippen MR) is 78.6 cm³/mol. The third kappa shape index (κ3) is 3.59. The fourth-order valence-electron chi connectivity index (χ4n) is 2.19. The summed E-state index contributed by atoms with van der Waals surface area (Å²) in [6.45, 7) is 5.21. The third-order valence-corrected chi connectivity index (χ3v) is 3.72. The first-order chi connectivity index (χ1) is 9.93. The third-order valence-electron chi connectivity index (χ3n) is 3.72. The SMILES string of the molecule is CC1(C)C(=O)NC(=O)CN1CCOc1ccc(CN)cc1. The van der Waals surface area contributed by atoms with Crippen molar-refractivity contribution in [1.29, 1.82) is 0 Å². The molecule has 1 heterocycles. The van der Waals surface area contributed by atoms with E-state index in [1.165, 1.54) is 0 Å². The Morgan fingerprint density at radius 2 is 1.95 bits per heavy atom. The maximum absolute atomic E-state index is 11.8. The fraction of sp³-hybridized carbons (Fsp3) is 0.467. The summed E-state index contributed by atoms with van der Waals surface area (Å²) in [6.07, 6.45) is 0. The van der Waals surface area contributed by atoms with Gasteiger partial charge in [-0.3, -0.25) is 19.8 Å². The van der Waals surface area contributed by atoms with Gasteiger partial charge < -0.3 is 10.5 Å². The molecule has 0 bridgehead atoms. The maximum atomic E-state index is 11.8. The van der Waals surface area contributed by atoms with E-state index >= 15 is 0 Å². The lowest BCUT2D eigenvalue weighted by Gasteiger charge is -2.39. The van der Waals surface area contributed by atoms with Crippen molar-refractivity contribution in [2.75, 3.05) is 19.7 Å². The van der Waals surface area contributed by atoms with Crippen LogP contribution in [0.1, 0.15) is 19.4 Å². The first-order valence-electron chi connectivity index (χ1n) is 6.94. The summed E-state index contributed by atoms with van der Waals surface area (Å²) >= 11 is 0. The molecule has 0 radical (unpaired) electrons. The molecule has 0 unspecified atom stereocenters. The van der Waals surface area contributed by atoms with Gasteiger partial charge in [-0.05, 0) is 31.5 Å². The number of benzene rings is 1. The van der Waals surface area contributed by atoms with Crippen molar-refractivity contribution in [2.45, 2.75) is 25.9 Å². The molecule has 1 aromatic carbocycles. The molecule has 2 rings (SSSR count). The molecule has 1 aromatic rings. The molecule has 6 nitrogen and oxygen atoms in total. The van der Waals surface area contributed by atoms with Gasteiger partial charge in [0.1, 0.15) is 12.4 Å². The number of nitrogens with zero attached hydrogens (tertiary/aromatic N) is 1. The number of carbonyl (C=O) groups is 2. The Labute approximate surface area is 124 Å². The van der Waals surface area contributed by atoms with Crippen LogP contribution in [0.4, 0.5) is 0 Å². The average molecular weight is 291 g/mol. The largest absolute Gasteiger partial charge is 0.492 e. The van der Waals surface area contributed by atoms with Crippen molar-refractivity contribution in [3.63, 3.8) is 0 Å². The lowest BCUT2D eigenvalue weighted by Crippen LogP contribution is -2.64. The lowest BCUT2D eigenvalue weighted by molar-refractivity contribution is -0.145. The Bertz CT molecular complexity index is 525. The first-order valence-corrected chi connectivity index (χ1v) is 6.94. The quantitative estimate of drug-likeness (QED) is 0.760. The number of piperazine rings is 1. The van der Waals surface area contributed by atoms with Crippen LogP contribution in [0.3, 0.4) is 0 Å². The second kappa shape index (κ2) is 6.24. The van der Waals surface area contributed by atoms with Crippen molar-refractivity contribution < 1.29 is 14.3 Å². The lowest BCUT2D eigenvalue weighted by atomic mass is 9.99. The van der Waals surface area contributed by atoms with Gasteiger partial charge in [0.15, 0.2) is 0 Å². The molecule has 1 aliphatic rings. The predicted octanol–water partition coefficient (Wildman–Crippen LogP) is 0.261. The van der Waals surface area contributed by atoms with E-state index in [-0.39, 0.29) is 18.4 Å². The summed E-state index contributed by atoms with van der Waals surface area (Å²) in [5.74, 6) is 0.204. The number of rotatable bonds is 5. The van der Waals surface area contributed by atoms with Crippen LogP contribution in [0.25, 0.3) is 0 Å². The van der Waals surface area contributed by atoms with Gasteiger partial charge in [-0.15, -0.1) is 0 Å². The van der Waals surface area contributed by atoms with E-state index in [9.17, 15) is 9.59 Å². The molecule has 6 heteroatoms. The molecule has 1 saturated heterocycles. The molecular weight excluding hydrogens is 270 g/mol. The number of imide groups is 1. The molecular formula is C15H21N3O3. The van der Waals surface area contributed by atoms with Gasteiger partial charge in [-0.25, -0.2) is 0 Å². The van der Waals surface area contributed by atoms with Gasteiger partial charge in [0.05, 0.1) is 12.1 Å². The summed E-state index contributed by atoms with van der Waals surface area (Å²) < 4.78 is 5.65. The Balaban J connectivity index is 1.89. The van der Waals surface area contributed by atoms with E-state index in [1.807, 2.05) is 29.2 Å². The second-order valence-electron chi connectivity index (χ2n) is 5.55. The minimum atomic E-state index is -0.708. The maximum Gasteiger partial charge on any atom is 0.246 e. The van der Waals surface area contributed by atoms with Crippen molar-refractivity contribution in [2.24, 2.45) is 5.73 Å². The molecule has 3 N–H and O–H groups in total. The van der Waals surface area contributed by atoms with E-state index < -0.39 is 5.54 Å². The highest BCUT2D eigenvalue weighted by molar-refractivity contribution is 6.02. The van der Waals surface area contributed by atoms with E-state index in [0.717, 1.165) is 11.3 Å². The fourth-order valence-corrected chi connectivity index (χ4v) is 2.19. The number of amides is 2. The van der Waals surface area contributed by atoms with Gasteiger partial charge in [0.25, 0.3) is 0 Å². The minimum Gasteiger partial charge on any atom is -0.492 e. The van der Waals surface area contributed by atoms with Crippen LogP contribution in [0.15, 0.2) is 24.3 Å². The van der Waals surface area contributed by atoms with Crippen molar-refractivity contribution >= 4 is 11.8 Å². The number of hydrogen-bond acceptors (Lipinski definition) is 5. The number of nitrogens with two attached hydrogens (primary N) is 1. The Kier molecular flexibility index (Phi) is 4.59. The highest BCUT2D eigenvalue weighted by Crippen LogP contribution is 2.18. The molecule has 0 spiro atoms. The van der Waals surface area contributed by atoms with Crippen LogP contribution >= 0.6 is 0 Å². The molecule has 0 aromatic heterocycles. The van der Waals surface area contributed by atoms with Crippen LogP contribution in [0.2, 0.25) is 0 Å². The van der Waals surface area contributed by atoms with Gasteiger partial charge >= 0.3 is 0 Å². The smallest absolute Gasteiger partial charge is 0.246 e. The summed E-state index contributed by atoms with van der Waals surface area (Å²) in [5, 5.41) is 2.35. The Hall–Kier alpha value is -1.92. The van der Waals surface area contributed by atoms with Gasteiger partial charge in [-0.1, -0.05) is 12.1 Å². The number of nitrogens with one attached hydrogen (secondary N) is 1. The summed E-state index contributed by atoms with van der Waals surface area (Å²) in [5.41, 5.74) is 5.87. The second-order valence-corrected chi connectivity index (χ2v) is 5.55. The van der Waals surface area contributed by atoms with Crippen molar-refractivity contribution in [3.05, 3.63) is 29.8 Å². The molecule has 0 atom stereocenters. The zero-order chi connectivity index (χ0) is 15.5. The van der Waals surface area contributed by atoms with Crippen LogP contribution < -0.4 is 15.8 Å². The zero-order valence-corrected chi connectivity index (χ0v) is 12.4. The molecule has 2 amide bonds. The van der Waals surface area contributed by atoms with Gasteiger partial charge in [0, 0.05) is 13.1 Å². The van der Waals surface area contributed by atoms with E-state index in [4.69, 9.17) is 10.5 Å². The summed E-state index contributed by atoms with van der Waals surface area (Å²) in [7, 11) is 0. The molecule has 0 aliphatic carbocycles. The first kappa shape index (κ1) is 15.5. The minimum absolute atomic E-state index is 0.203. The molecule has 1 fully saturated rings. The zero-order valence-electron chi connectivity index (χ0n) is 12.4. The summed E-state index contributed by atoms with van der Waals surface area (Å²) in [4.78, 5) is 25.1. The molecule has 0 saturated carbocycles. The van der Waals surface area contributed by atoms with E-state index in [1.54, 1.807) is 13.8 Å². The highest BCUT2D eigenvalue weighted by atomic mass is 16.5. The van der Waals surface area contributed by atoms with E-state index in [0.29, 0.717) is 19.7 Å². The monoisotopic (exact) mass is 291 g/mol. The molecule has 21 heavy (non-hydrogen) atoms. The van der Waals surface area contributed by atoms with E-state index in [2.05, 4.69) is 5.32 Å². The number of hydrogen-bond donors (Lipinski definition) is 2. The van der Waals surface area contributed by atoms with Gasteiger partial charge in [-0.2, -0.15) is 0 Å². The number of carbonyl (C=O) groups excluding carboxylic acids is 2. The van der Waals surface area contributed by atoms with Crippen LogP contribution in [0.5, 0.6) is 5.75 Å². The van der Waals surface area contributed by atoms with Crippen molar-refractivity contribution in [3.8, 4) is 5.75 Å². The van der Waals surface area contributed by atoms with Crippen LogP contribution in [0, 0.1) is 0 Å². The highest BCUT2D eigenvalue weighted by Gasteiger charge is 2.40. The Morgan fingerprint density at radius 1 is 1.29 bits per heavy atom. The molecule has 114 valence electrons. The number of ether oxygens (including phenoxy) is 1. The molecule has 1 aliphatic heterocycles. The summed E-state index contributed by atoms with van der Waals surface area (Å²) in [6, 6.07) is 7.55. The normalized spacial score (nSPS) is 18.4.